The van der Waals surface area contributed by atoms with E-state index in [0.29, 0.717) is 25.0 Å². The molecule has 1 saturated heterocycles. The summed E-state index contributed by atoms with van der Waals surface area (Å²) >= 11 is 0. The van der Waals surface area contributed by atoms with Crippen LogP contribution in [0.5, 0.6) is 0 Å². The van der Waals surface area contributed by atoms with Gasteiger partial charge in [0, 0.05) is 25.1 Å². The van der Waals surface area contributed by atoms with Crippen molar-refractivity contribution in [2.45, 2.75) is 30.3 Å². The molecule has 0 bridgehead atoms. The molecule has 2 aromatic carbocycles. The van der Waals surface area contributed by atoms with Crippen molar-refractivity contribution in [3.63, 3.8) is 0 Å². The predicted octanol–water partition coefficient (Wildman–Crippen LogP) is 2.30. The fourth-order valence-electron chi connectivity index (χ4n) is 3.19. The monoisotopic (exact) mass is 349 g/mol. The van der Waals surface area contributed by atoms with Gasteiger partial charge in [-0.3, -0.25) is 0 Å². The first-order valence-electron chi connectivity index (χ1n) is 8.31. The minimum atomic E-state index is -3.60. The third kappa shape index (κ3) is 3.95. The Balaban J connectivity index is 1.65. The largest absolute Gasteiger partial charge is 0.393 e. The minimum Gasteiger partial charge on any atom is -0.393 e. The molecule has 0 saturated carbocycles. The van der Waals surface area contributed by atoms with Crippen LogP contribution in [0.3, 0.4) is 0 Å². The second kappa shape index (κ2) is 7.61. The highest BCUT2D eigenvalue weighted by molar-refractivity contribution is 7.89. The molecule has 0 radical (unpaired) electrons. The molecule has 1 heterocycles. The van der Waals surface area contributed by atoms with Crippen LogP contribution in [0.1, 0.15) is 19.3 Å². The molecule has 1 fully saturated rings. The molecule has 2 aromatic rings. The second-order valence-electron chi connectivity index (χ2n) is 6.18. The number of ether oxygens (including phenoxy) is 1. The summed E-state index contributed by atoms with van der Waals surface area (Å²) in [6, 6.07) is 12.7. The van der Waals surface area contributed by atoms with Crippen molar-refractivity contribution >= 4 is 20.8 Å². The van der Waals surface area contributed by atoms with Crippen LogP contribution in [0.25, 0.3) is 10.8 Å². The zero-order valence-electron chi connectivity index (χ0n) is 13.5. The van der Waals surface area contributed by atoms with Crippen LogP contribution >= 0.6 is 0 Å². The summed E-state index contributed by atoms with van der Waals surface area (Å²) < 4.78 is 33.1. The van der Waals surface area contributed by atoms with E-state index in [1.54, 1.807) is 18.2 Å². The summed E-state index contributed by atoms with van der Waals surface area (Å²) in [7, 11) is -3.60. The normalized spacial score (nSPS) is 17.9. The first-order valence-corrected chi connectivity index (χ1v) is 9.79. The van der Waals surface area contributed by atoms with Gasteiger partial charge in [0.2, 0.25) is 10.0 Å². The summed E-state index contributed by atoms with van der Waals surface area (Å²) in [6.07, 6.45) is 1.58. The number of hydrogen-bond acceptors (Lipinski definition) is 4. The zero-order chi connectivity index (χ0) is 17.0. The molecular weight excluding hydrogens is 326 g/mol. The number of aliphatic hydroxyl groups excluding tert-OH is 1. The van der Waals surface area contributed by atoms with Crippen molar-refractivity contribution in [2.75, 3.05) is 19.8 Å². The van der Waals surface area contributed by atoms with Crippen molar-refractivity contribution in [3.05, 3.63) is 42.5 Å². The summed E-state index contributed by atoms with van der Waals surface area (Å²) in [5, 5.41) is 11.8. The molecule has 6 heteroatoms. The lowest BCUT2D eigenvalue weighted by Gasteiger charge is -2.26. The Morgan fingerprint density at radius 2 is 1.83 bits per heavy atom. The Labute approximate surface area is 142 Å². The van der Waals surface area contributed by atoms with Gasteiger partial charge in [-0.15, -0.1) is 0 Å². The lowest BCUT2D eigenvalue weighted by Crippen LogP contribution is -2.32. The fourth-order valence-corrected chi connectivity index (χ4v) is 4.46. The maximum atomic E-state index is 12.6. The quantitative estimate of drug-likeness (QED) is 0.839. The fraction of sp³-hybridized carbons (Fsp3) is 0.444. The van der Waals surface area contributed by atoms with Crippen LogP contribution in [0.15, 0.2) is 47.4 Å². The molecule has 1 atom stereocenters. The molecule has 1 unspecified atom stereocenters. The first kappa shape index (κ1) is 17.4. The number of hydrogen-bond donors (Lipinski definition) is 2. The molecule has 0 aliphatic carbocycles. The van der Waals surface area contributed by atoms with Gasteiger partial charge in [-0.2, -0.15) is 0 Å². The number of nitrogens with one attached hydrogen (secondary N) is 1. The Bertz CT molecular complexity index is 779. The first-order chi connectivity index (χ1) is 11.6. The molecule has 2 N–H and O–H groups in total. The van der Waals surface area contributed by atoms with Gasteiger partial charge < -0.3 is 9.84 Å². The molecule has 0 spiro atoms. The van der Waals surface area contributed by atoms with E-state index in [0.717, 1.165) is 18.2 Å². The number of sulfonamides is 1. The summed E-state index contributed by atoms with van der Waals surface area (Å²) in [6.45, 7) is 1.57. The topological polar surface area (TPSA) is 75.6 Å². The molecule has 3 rings (SSSR count). The molecule has 0 amide bonds. The zero-order valence-corrected chi connectivity index (χ0v) is 14.3. The second-order valence-corrected chi connectivity index (χ2v) is 7.92. The van der Waals surface area contributed by atoms with Crippen molar-refractivity contribution in [2.24, 2.45) is 5.92 Å². The van der Waals surface area contributed by atoms with Gasteiger partial charge in [-0.1, -0.05) is 36.4 Å². The summed E-state index contributed by atoms with van der Waals surface area (Å²) in [4.78, 5) is 0.279. The molecule has 0 aromatic heterocycles. The molecule has 5 nitrogen and oxygen atoms in total. The van der Waals surface area contributed by atoms with Crippen LogP contribution in [-0.2, 0) is 14.8 Å². The van der Waals surface area contributed by atoms with E-state index in [9.17, 15) is 13.5 Å². The lowest BCUT2D eigenvalue weighted by molar-refractivity contribution is 0.00567. The van der Waals surface area contributed by atoms with Crippen LogP contribution in [0, 0.1) is 5.92 Å². The van der Waals surface area contributed by atoms with Gasteiger partial charge in [0.1, 0.15) is 0 Å². The minimum absolute atomic E-state index is 0.195. The molecule has 1 aliphatic heterocycles. The third-order valence-electron chi connectivity index (χ3n) is 4.58. The van der Waals surface area contributed by atoms with E-state index in [1.807, 2.05) is 24.3 Å². The highest BCUT2D eigenvalue weighted by atomic mass is 32.2. The van der Waals surface area contributed by atoms with E-state index < -0.39 is 16.1 Å². The number of fused-ring (bicyclic) bond motifs is 1. The van der Waals surface area contributed by atoms with Crippen molar-refractivity contribution in [3.8, 4) is 0 Å². The Kier molecular flexibility index (Phi) is 5.50. The Morgan fingerprint density at radius 3 is 2.62 bits per heavy atom. The van der Waals surface area contributed by atoms with E-state index in [1.165, 1.54) is 0 Å². The van der Waals surface area contributed by atoms with E-state index in [2.05, 4.69) is 4.72 Å². The molecule has 24 heavy (non-hydrogen) atoms. The maximum Gasteiger partial charge on any atom is 0.241 e. The van der Waals surface area contributed by atoms with Crippen LogP contribution in [0.4, 0.5) is 0 Å². The van der Waals surface area contributed by atoms with Crippen molar-refractivity contribution in [1.82, 2.24) is 4.72 Å². The van der Waals surface area contributed by atoms with Crippen LogP contribution < -0.4 is 4.72 Å². The average molecular weight is 349 g/mol. The van der Waals surface area contributed by atoms with Gasteiger partial charge in [-0.25, -0.2) is 13.1 Å². The Hall–Kier alpha value is -1.47. The van der Waals surface area contributed by atoms with Gasteiger partial charge in [0.25, 0.3) is 0 Å². The van der Waals surface area contributed by atoms with Crippen molar-refractivity contribution < 1.29 is 18.3 Å². The average Bonchev–Trinajstić information content (AvgIpc) is 2.61. The summed E-state index contributed by atoms with van der Waals surface area (Å²) in [5.41, 5.74) is 0. The lowest BCUT2D eigenvalue weighted by atomic mass is 9.92. The number of rotatable bonds is 6. The maximum absolute atomic E-state index is 12.6. The predicted molar refractivity (Wildman–Crippen MR) is 93.3 cm³/mol. The number of aliphatic hydroxyl groups is 1. The molecule has 130 valence electrons. The van der Waals surface area contributed by atoms with E-state index >= 15 is 0 Å². The Morgan fingerprint density at radius 1 is 1.12 bits per heavy atom. The smallest absolute Gasteiger partial charge is 0.241 e. The van der Waals surface area contributed by atoms with Crippen molar-refractivity contribution in [1.29, 1.82) is 0 Å². The van der Waals surface area contributed by atoms with E-state index in [4.69, 9.17) is 4.74 Å². The van der Waals surface area contributed by atoms with Crippen LogP contribution in [0.2, 0.25) is 0 Å². The van der Waals surface area contributed by atoms with Gasteiger partial charge >= 0.3 is 0 Å². The van der Waals surface area contributed by atoms with E-state index in [-0.39, 0.29) is 17.4 Å². The van der Waals surface area contributed by atoms with Gasteiger partial charge in [0.05, 0.1) is 11.0 Å². The van der Waals surface area contributed by atoms with Gasteiger partial charge in [0.15, 0.2) is 0 Å². The number of benzene rings is 2. The highest BCUT2D eigenvalue weighted by Gasteiger charge is 2.23. The highest BCUT2D eigenvalue weighted by Crippen LogP contribution is 2.23. The SMILES string of the molecule is O=S(=O)(NCCC(O)C1CCOCC1)c1cccc2ccccc12. The standard InChI is InChI=1S/C18H23NO4S/c20-17(15-9-12-23-13-10-15)8-11-19-24(21,22)18-7-3-5-14-4-1-2-6-16(14)18/h1-7,15,17,19-20H,8-13H2. The van der Waals surface area contributed by atoms with Gasteiger partial charge in [-0.05, 0) is 36.6 Å². The summed E-state index contributed by atoms with van der Waals surface area (Å²) in [5.74, 6) is 0.195. The third-order valence-corrected chi connectivity index (χ3v) is 6.10. The van der Waals surface area contributed by atoms with Crippen LogP contribution in [-0.4, -0.2) is 39.4 Å². The molecular formula is C18H23NO4S. The molecule has 1 aliphatic rings.